The summed E-state index contributed by atoms with van der Waals surface area (Å²) in [4.78, 5) is 13.8. The number of nitrogens with zero attached hydrogens (tertiary/aromatic N) is 1. The summed E-state index contributed by atoms with van der Waals surface area (Å²) in [6, 6.07) is 0.232. The molecular formula is C12H24N2O2. The Morgan fingerprint density at radius 2 is 2.31 bits per heavy atom. The van der Waals surface area contributed by atoms with Crippen molar-refractivity contribution in [1.82, 2.24) is 4.90 Å². The van der Waals surface area contributed by atoms with Crippen molar-refractivity contribution in [2.45, 2.75) is 45.1 Å². The van der Waals surface area contributed by atoms with E-state index >= 15 is 0 Å². The topological polar surface area (TPSA) is 55.6 Å². The van der Waals surface area contributed by atoms with Crippen LogP contribution in [0.25, 0.3) is 0 Å². The minimum atomic E-state index is 0.103. The number of carbonyl (C=O) groups excluding carboxylic acids is 1. The third kappa shape index (κ3) is 4.10. The van der Waals surface area contributed by atoms with Gasteiger partial charge in [-0.05, 0) is 25.7 Å². The van der Waals surface area contributed by atoms with Crippen LogP contribution < -0.4 is 5.73 Å². The highest BCUT2D eigenvalue weighted by atomic mass is 16.5. The zero-order chi connectivity index (χ0) is 11.8. The fourth-order valence-corrected chi connectivity index (χ4v) is 2.06. The highest BCUT2D eigenvalue weighted by molar-refractivity contribution is 5.77. The minimum Gasteiger partial charge on any atom is -0.372 e. The third-order valence-corrected chi connectivity index (χ3v) is 3.09. The summed E-state index contributed by atoms with van der Waals surface area (Å²) in [7, 11) is 0. The van der Waals surface area contributed by atoms with E-state index < -0.39 is 0 Å². The molecule has 1 atom stereocenters. The average Bonchev–Trinajstić information content (AvgIpc) is 2.34. The highest BCUT2D eigenvalue weighted by Gasteiger charge is 2.25. The van der Waals surface area contributed by atoms with E-state index in [1.807, 2.05) is 4.90 Å². The average molecular weight is 228 g/mol. The molecular weight excluding hydrogens is 204 g/mol. The van der Waals surface area contributed by atoms with Crippen LogP contribution >= 0.6 is 0 Å². The van der Waals surface area contributed by atoms with Gasteiger partial charge in [-0.25, -0.2) is 0 Å². The van der Waals surface area contributed by atoms with Gasteiger partial charge in [0.25, 0.3) is 0 Å². The van der Waals surface area contributed by atoms with Gasteiger partial charge < -0.3 is 15.4 Å². The molecule has 0 aliphatic carbocycles. The van der Waals surface area contributed by atoms with Gasteiger partial charge in [0.1, 0.15) is 6.61 Å². The minimum absolute atomic E-state index is 0.103. The molecule has 2 N–H and O–H groups in total. The number of hydrogen-bond donors (Lipinski definition) is 1. The maximum atomic E-state index is 11.9. The zero-order valence-corrected chi connectivity index (χ0v) is 10.3. The molecule has 0 aromatic carbocycles. The summed E-state index contributed by atoms with van der Waals surface area (Å²) in [6.45, 7) is 4.43. The van der Waals surface area contributed by atoms with E-state index in [0.717, 1.165) is 32.2 Å². The van der Waals surface area contributed by atoms with Crippen LogP contribution in [0, 0.1) is 0 Å². The van der Waals surface area contributed by atoms with Gasteiger partial charge in [-0.2, -0.15) is 0 Å². The Labute approximate surface area is 98.1 Å². The maximum Gasteiger partial charge on any atom is 0.248 e. The largest absolute Gasteiger partial charge is 0.372 e. The quantitative estimate of drug-likeness (QED) is 0.694. The SMILES string of the molecule is CCCCOCC(=O)N1CCCCC1CN. The molecule has 4 heteroatoms. The zero-order valence-electron chi connectivity index (χ0n) is 10.3. The summed E-state index contributed by atoms with van der Waals surface area (Å²) in [6.07, 6.45) is 5.44. The molecule has 1 rings (SSSR count). The Morgan fingerprint density at radius 1 is 1.50 bits per heavy atom. The van der Waals surface area contributed by atoms with Gasteiger partial charge in [-0.1, -0.05) is 13.3 Å². The number of amides is 1. The maximum absolute atomic E-state index is 11.9. The number of rotatable bonds is 6. The van der Waals surface area contributed by atoms with Crippen molar-refractivity contribution in [3.8, 4) is 0 Å². The van der Waals surface area contributed by atoms with Gasteiger partial charge >= 0.3 is 0 Å². The van der Waals surface area contributed by atoms with Gasteiger partial charge in [0.05, 0.1) is 0 Å². The summed E-state index contributed by atoms with van der Waals surface area (Å²) in [5.41, 5.74) is 5.67. The van der Waals surface area contributed by atoms with E-state index in [-0.39, 0.29) is 18.6 Å². The van der Waals surface area contributed by atoms with Gasteiger partial charge in [0, 0.05) is 25.7 Å². The first-order valence-corrected chi connectivity index (χ1v) is 6.36. The normalized spacial score (nSPS) is 21.1. The molecule has 1 amide bonds. The van der Waals surface area contributed by atoms with Crippen LogP contribution in [0.1, 0.15) is 39.0 Å². The lowest BCUT2D eigenvalue weighted by atomic mass is 10.0. The van der Waals surface area contributed by atoms with Gasteiger partial charge in [-0.15, -0.1) is 0 Å². The first-order valence-electron chi connectivity index (χ1n) is 6.36. The Kier molecular flexibility index (Phi) is 6.42. The van der Waals surface area contributed by atoms with Crippen LogP contribution in [0.4, 0.5) is 0 Å². The van der Waals surface area contributed by atoms with Crippen molar-refractivity contribution in [2.24, 2.45) is 5.73 Å². The standard InChI is InChI=1S/C12H24N2O2/c1-2-3-8-16-10-12(15)14-7-5-4-6-11(14)9-13/h11H,2-10,13H2,1H3. The molecule has 0 aromatic rings. The van der Waals surface area contributed by atoms with E-state index in [1.54, 1.807) is 0 Å². The molecule has 16 heavy (non-hydrogen) atoms. The van der Waals surface area contributed by atoms with Crippen LogP contribution in [0.5, 0.6) is 0 Å². The molecule has 1 saturated heterocycles. The summed E-state index contributed by atoms with van der Waals surface area (Å²) >= 11 is 0. The second-order valence-corrected chi connectivity index (χ2v) is 4.38. The number of unbranched alkanes of at least 4 members (excludes halogenated alkanes) is 1. The Morgan fingerprint density at radius 3 is 3.00 bits per heavy atom. The monoisotopic (exact) mass is 228 g/mol. The predicted molar refractivity (Wildman–Crippen MR) is 64.1 cm³/mol. The molecule has 1 heterocycles. The van der Waals surface area contributed by atoms with Crippen molar-refractivity contribution >= 4 is 5.91 Å². The third-order valence-electron chi connectivity index (χ3n) is 3.09. The van der Waals surface area contributed by atoms with E-state index in [1.165, 1.54) is 6.42 Å². The first kappa shape index (κ1) is 13.5. The Balaban J connectivity index is 2.27. The summed E-state index contributed by atoms with van der Waals surface area (Å²) in [5.74, 6) is 0.103. The van der Waals surface area contributed by atoms with Crippen LogP contribution in [-0.2, 0) is 9.53 Å². The van der Waals surface area contributed by atoms with Gasteiger partial charge in [-0.3, -0.25) is 4.79 Å². The Hall–Kier alpha value is -0.610. The Bertz CT molecular complexity index is 209. The molecule has 0 saturated carbocycles. The molecule has 0 spiro atoms. The van der Waals surface area contributed by atoms with Crippen molar-refractivity contribution in [3.05, 3.63) is 0 Å². The molecule has 0 aromatic heterocycles. The van der Waals surface area contributed by atoms with E-state index in [9.17, 15) is 4.79 Å². The van der Waals surface area contributed by atoms with E-state index in [0.29, 0.717) is 13.2 Å². The smallest absolute Gasteiger partial charge is 0.248 e. The lowest BCUT2D eigenvalue weighted by molar-refractivity contribution is -0.139. The lowest BCUT2D eigenvalue weighted by Gasteiger charge is -2.35. The second kappa shape index (κ2) is 7.63. The number of carbonyl (C=O) groups is 1. The van der Waals surface area contributed by atoms with Crippen molar-refractivity contribution < 1.29 is 9.53 Å². The van der Waals surface area contributed by atoms with Gasteiger partial charge in [0.2, 0.25) is 5.91 Å². The van der Waals surface area contributed by atoms with Crippen LogP contribution in [0.2, 0.25) is 0 Å². The molecule has 0 bridgehead atoms. The van der Waals surface area contributed by atoms with Crippen LogP contribution in [0.15, 0.2) is 0 Å². The number of nitrogens with two attached hydrogens (primary N) is 1. The van der Waals surface area contributed by atoms with Crippen molar-refractivity contribution in [2.75, 3.05) is 26.3 Å². The number of piperidine rings is 1. The fourth-order valence-electron chi connectivity index (χ4n) is 2.06. The molecule has 94 valence electrons. The fraction of sp³-hybridized carbons (Fsp3) is 0.917. The van der Waals surface area contributed by atoms with Crippen molar-refractivity contribution in [3.63, 3.8) is 0 Å². The highest BCUT2D eigenvalue weighted by Crippen LogP contribution is 2.16. The second-order valence-electron chi connectivity index (χ2n) is 4.38. The predicted octanol–water partition coefficient (Wildman–Crippen LogP) is 1.14. The van der Waals surface area contributed by atoms with Gasteiger partial charge in [0.15, 0.2) is 0 Å². The number of ether oxygens (including phenoxy) is 1. The number of likely N-dealkylation sites (tertiary alicyclic amines) is 1. The van der Waals surface area contributed by atoms with E-state index in [2.05, 4.69) is 6.92 Å². The summed E-state index contributed by atoms with van der Waals surface area (Å²) < 4.78 is 5.35. The summed E-state index contributed by atoms with van der Waals surface area (Å²) in [5, 5.41) is 0. The first-order chi connectivity index (χ1) is 7.79. The molecule has 1 fully saturated rings. The van der Waals surface area contributed by atoms with E-state index in [4.69, 9.17) is 10.5 Å². The lowest BCUT2D eigenvalue weighted by Crippen LogP contribution is -2.48. The molecule has 1 unspecified atom stereocenters. The van der Waals surface area contributed by atoms with Crippen molar-refractivity contribution in [1.29, 1.82) is 0 Å². The molecule has 4 nitrogen and oxygen atoms in total. The molecule has 1 aliphatic heterocycles. The molecule has 0 radical (unpaired) electrons. The number of hydrogen-bond acceptors (Lipinski definition) is 3. The molecule has 1 aliphatic rings. The van der Waals surface area contributed by atoms with Crippen LogP contribution in [0.3, 0.4) is 0 Å². The van der Waals surface area contributed by atoms with Crippen LogP contribution in [-0.4, -0.2) is 43.2 Å².